The maximum atomic E-state index is 11.5. The third-order valence-electron chi connectivity index (χ3n) is 3.39. The molecule has 0 aliphatic heterocycles. The molecule has 3 heteroatoms. The molecule has 1 saturated carbocycles. The summed E-state index contributed by atoms with van der Waals surface area (Å²) in [5, 5.41) is 6.25. The first kappa shape index (κ1) is 13.5. The van der Waals surface area contributed by atoms with Gasteiger partial charge in [0, 0.05) is 12.1 Å². The standard InChI is InChI=1S/C13H26N2O/c1-10(2)15-13(16)9-14-11(3)12-7-5-4-6-8-12/h10-12,14H,4-9H2,1-3H3,(H,15,16)/t11-/m0/s1. The minimum Gasteiger partial charge on any atom is -0.353 e. The predicted octanol–water partition coefficient (Wildman–Crippen LogP) is 2.07. The maximum absolute atomic E-state index is 11.5. The molecule has 1 amide bonds. The van der Waals surface area contributed by atoms with E-state index in [1.54, 1.807) is 0 Å². The van der Waals surface area contributed by atoms with Crippen LogP contribution in [0.1, 0.15) is 52.9 Å². The summed E-state index contributed by atoms with van der Waals surface area (Å²) in [6.07, 6.45) is 6.74. The summed E-state index contributed by atoms with van der Waals surface area (Å²) in [4.78, 5) is 11.5. The molecule has 1 fully saturated rings. The average molecular weight is 226 g/mol. The Balaban J connectivity index is 2.18. The van der Waals surface area contributed by atoms with Crippen molar-refractivity contribution in [1.82, 2.24) is 10.6 Å². The Kier molecular flexibility index (Phi) is 5.81. The van der Waals surface area contributed by atoms with Crippen LogP contribution in [-0.4, -0.2) is 24.5 Å². The van der Waals surface area contributed by atoms with E-state index in [2.05, 4.69) is 17.6 Å². The van der Waals surface area contributed by atoms with Crippen LogP contribution in [0.15, 0.2) is 0 Å². The highest BCUT2D eigenvalue weighted by Crippen LogP contribution is 2.26. The fourth-order valence-electron chi connectivity index (χ4n) is 2.43. The summed E-state index contributed by atoms with van der Waals surface area (Å²) >= 11 is 0. The Bertz CT molecular complexity index is 210. The minimum absolute atomic E-state index is 0.109. The first-order valence-electron chi connectivity index (χ1n) is 6.62. The van der Waals surface area contributed by atoms with Crippen molar-refractivity contribution >= 4 is 5.91 Å². The molecule has 1 aliphatic rings. The van der Waals surface area contributed by atoms with E-state index in [1.165, 1.54) is 32.1 Å². The molecule has 0 bridgehead atoms. The number of carbonyl (C=O) groups is 1. The highest BCUT2D eigenvalue weighted by molar-refractivity contribution is 5.78. The van der Waals surface area contributed by atoms with Crippen LogP contribution in [0.5, 0.6) is 0 Å². The van der Waals surface area contributed by atoms with E-state index in [9.17, 15) is 4.79 Å². The Morgan fingerprint density at radius 1 is 1.19 bits per heavy atom. The first-order chi connectivity index (χ1) is 7.59. The summed E-state index contributed by atoms with van der Waals surface area (Å²) in [7, 11) is 0. The lowest BCUT2D eigenvalue weighted by atomic mass is 9.84. The van der Waals surface area contributed by atoms with E-state index in [4.69, 9.17) is 0 Å². The molecule has 0 saturated heterocycles. The van der Waals surface area contributed by atoms with Gasteiger partial charge in [-0.25, -0.2) is 0 Å². The number of amides is 1. The van der Waals surface area contributed by atoms with Crippen molar-refractivity contribution in [2.45, 2.75) is 65.0 Å². The molecule has 94 valence electrons. The predicted molar refractivity (Wildman–Crippen MR) is 67.3 cm³/mol. The second-order valence-electron chi connectivity index (χ2n) is 5.29. The van der Waals surface area contributed by atoms with Crippen LogP contribution in [0, 0.1) is 5.92 Å². The van der Waals surface area contributed by atoms with Crippen molar-refractivity contribution in [3.05, 3.63) is 0 Å². The van der Waals surface area contributed by atoms with Crippen molar-refractivity contribution in [1.29, 1.82) is 0 Å². The highest BCUT2D eigenvalue weighted by atomic mass is 16.1. The van der Waals surface area contributed by atoms with Gasteiger partial charge in [0.2, 0.25) is 5.91 Å². The van der Waals surface area contributed by atoms with Gasteiger partial charge in [-0.05, 0) is 39.5 Å². The van der Waals surface area contributed by atoms with E-state index in [0.717, 1.165) is 5.92 Å². The normalized spacial score (nSPS) is 19.8. The second-order valence-corrected chi connectivity index (χ2v) is 5.29. The van der Waals surface area contributed by atoms with E-state index in [-0.39, 0.29) is 11.9 Å². The monoisotopic (exact) mass is 226 g/mol. The molecule has 0 aromatic carbocycles. The van der Waals surface area contributed by atoms with Gasteiger partial charge in [-0.1, -0.05) is 19.3 Å². The van der Waals surface area contributed by atoms with E-state index in [1.807, 2.05) is 13.8 Å². The molecule has 0 radical (unpaired) electrons. The summed E-state index contributed by atoms with van der Waals surface area (Å²) in [5.41, 5.74) is 0. The van der Waals surface area contributed by atoms with Crippen LogP contribution >= 0.6 is 0 Å². The Morgan fingerprint density at radius 2 is 1.81 bits per heavy atom. The number of carbonyl (C=O) groups excluding carboxylic acids is 1. The third kappa shape index (κ3) is 4.97. The van der Waals surface area contributed by atoms with Gasteiger partial charge in [-0.3, -0.25) is 4.79 Å². The minimum atomic E-state index is 0.109. The Morgan fingerprint density at radius 3 is 2.38 bits per heavy atom. The number of rotatable bonds is 5. The topological polar surface area (TPSA) is 41.1 Å². The SMILES string of the molecule is CC(C)NC(=O)CN[C@@H](C)C1CCCCC1. The van der Waals surface area contributed by atoms with Gasteiger partial charge in [0.15, 0.2) is 0 Å². The molecular weight excluding hydrogens is 200 g/mol. The molecule has 3 nitrogen and oxygen atoms in total. The number of hydrogen-bond donors (Lipinski definition) is 2. The lowest BCUT2D eigenvalue weighted by Gasteiger charge is -2.28. The Hall–Kier alpha value is -0.570. The zero-order chi connectivity index (χ0) is 12.0. The lowest BCUT2D eigenvalue weighted by Crippen LogP contribution is -2.43. The quantitative estimate of drug-likeness (QED) is 0.753. The van der Waals surface area contributed by atoms with Crippen LogP contribution in [0.2, 0.25) is 0 Å². The van der Waals surface area contributed by atoms with E-state index in [0.29, 0.717) is 12.6 Å². The number of hydrogen-bond acceptors (Lipinski definition) is 2. The van der Waals surface area contributed by atoms with Crippen LogP contribution in [0.4, 0.5) is 0 Å². The summed E-state index contributed by atoms with van der Waals surface area (Å²) < 4.78 is 0. The van der Waals surface area contributed by atoms with Gasteiger partial charge in [-0.15, -0.1) is 0 Å². The fourth-order valence-corrected chi connectivity index (χ4v) is 2.43. The fraction of sp³-hybridized carbons (Fsp3) is 0.923. The van der Waals surface area contributed by atoms with Gasteiger partial charge >= 0.3 is 0 Å². The molecule has 0 aromatic heterocycles. The Labute approximate surface area is 99.4 Å². The second kappa shape index (κ2) is 6.89. The van der Waals surface area contributed by atoms with Crippen LogP contribution in [0.3, 0.4) is 0 Å². The largest absolute Gasteiger partial charge is 0.353 e. The molecule has 1 aliphatic carbocycles. The van der Waals surface area contributed by atoms with Crippen molar-refractivity contribution in [2.24, 2.45) is 5.92 Å². The van der Waals surface area contributed by atoms with E-state index < -0.39 is 0 Å². The molecular formula is C13H26N2O. The highest BCUT2D eigenvalue weighted by Gasteiger charge is 2.20. The zero-order valence-corrected chi connectivity index (χ0v) is 10.9. The van der Waals surface area contributed by atoms with Crippen LogP contribution < -0.4 is 10.6 Å². The van der Waals surface area contributed by atoms with Gasteiger partial charge in [0.05, 0.1) is 6.54 Å². The average Bonchev–Trinajstić information content (AvgIpc) is 2.26. The summed E-state index contributed by atoms with van der Waals surface area (Å²) in [6.45, 7) is 6.64. The smallest absolute Gasteiger partial charge is 0.234 e. The summed E-state index contributed by atoms with van der Waals surface area (Å²) in [6, 6.07) is 0.706. The zero-order valence-electron chi connectivity index (χ0n) is 10.9. The molecule has 0 unspecified atom stereocenters. The van der Waals surface area contributed by atoms with E-state index >= 15 is 0 Å². The molecule has 0 aromatic rings. The van der Waals surface area contributed by atoms with Gasteiger partial charge < -0.3 is 10.6 Å². The molecule has 1 rings (SSSR count). The van der Waals surface area contributed by atoms with Crippen molar-refractivity contribution in [3.8, 4) is 0 Å². The maximum Gasteiger partial charge on any atom is 0.234 e. The van der Waals surface area contributed by atoms with Gasteiger partial charge in [0.1, 0.15) is 0 Å². The molecule has 0 spiro atoms. The molecule has 1 atom stereocenters. The summed E-state index contributed by atoms with van der Waals surface area (Å²) in [5.74, 6) is 0.873. The van der Waals surface area contributed by atoms with Gasteiger partial charge in [0.25, 0.3) is 0 Å². The molecule has 16 heavy (non-hydrogen) atoms. The van der Waals surface area contributed by atoms with Crippen LogP contribution in [0.25, 0.3) is 0 Å². The van der Waals surface area contributed by atoms with Gasteiger partial charge in [-0.2, -0.15) is 0 Å². The third-order valence-corrected chi connectivity index (χ3v) is 3.39. The van der Waals surface area contributed by atoms with Crippen LogP contribution in [-0.2, 0) is 4.79 Å². The first-order valence-corrected chi connectivity index (χ1v) is 6.62. The van der Waals surface area contributed by atoms with Crippen molar-refractivity contribution in [2.75, 3.05) is 6.54 Å². The molecule has 0 heterocycles. The number of nitrogens with one attached hydrogen (secondary N) is 2. The molecule has 2 N–H and O–H groups in total. The van der Waals surface area contributed by atoms with Crippen molar-refractivity contribution in [3.63, 3.8) is 0 Å². The van der Waals surface area contributed by atoms with Crippen molar-refractivity contribution < 1.29 is 4.79 Å². The lowest BCUT2D eigenvalue weighted by molar-refractivity contribution is -0.120.